The second-order valence-corrected chi connectivity index (χ2v) is 4.07. The van der Waals surface area contributed by atoms with Crippen LogP contribution in [-0.4, -0.2) is 45.6 Å². The zero-order valence-electron chi connectivity index (χ0n) is 9.79. The molecule has 1 aliphatic heterocycles. The normalized spacial score (nSPS) is 27.4. The van der Waals surface area contributed by atoms with Crippen LogP contribution in [-0.2, 0) is 4.74 Å². The van der Waals surface area contributed by atoms with Crippen molar-refractivity contribution in [3.05, 3.63) is 27.0 Å². The summed E-state index contributed by atoms with van der Waals surface area (Å²) in [4.78, 5) is 25.2. The molecule has 1 aliphatic rings. The van der Waals surface area contributed by atoms with E-state index in [0.717, 1.165) is 0 Å². The Hall–Kier alpha value is -1.64. The molecule has 8 heteroatoms. The van der Waals surface area contributed by atoms with E-state index in [9.17, 15) is 14.7 Å². The summed E-state index contributed by atoms with van der Waals surface area (Å²) >= 11 is 0. The van der Waals surface area contributed by atoms with Gasteiger partial charge in [-0.2, -0.15) is 0 Å². The number of aromatic nitrogens is 2. The second-order valence-electron chi connectivity index (χ2n) is 4.07. The highest BCUT2D eigenvalue weighted by Crippen LogP contribution is 2.27. The summed E-state index contributed by atoms with van der Waals surface area (Å²) in [6, 6.07) is 0. The molecule has 0 radical (unpaired) electrons. The summed E-state index contributed by atoms with van der Waals surface area (Å²) in [5.41, 5.74) is -0.911. The number of hydrogen-bond acceptors (Lipinski definition) is 6. The van der Waals surface area contributed by atoms with Crippen LogP contribution in [0.3, 0.4) is 0 Å². The Labute approximate surface area is 102 Å². The number of hydrogen-bond donors (Lipinski definition) is 4. The Morgan fingerprint density at radius 1 is 1.61 bits per heavy atom. The van der Waals surface area contributed by atoms with E-state index in [-0.39, 0.29) is 18.7 Å². The fourth-order valence-electron chi connectivity index (χ4n) is 1.93. The van der Waals surface area contributed by atoms with E-state index < -0.39 is 29.7 Å². The number of H-pyrrole nitrogens is 1. The van der Waals surface area contributed by atoms with E-state index in [1.54, 1.807) is 7.05 Å². The Bertz CT molecular complexity index is 537. The van der Waals surface area contributed by atoms with Gasteiger partial charge in [-0.25, -0.2) is 4.79 Å². The lowest BCUT2D eigenvalue weighted by Gasteiger charge is -2.15. The summed E-state index contributed by atoms with van der Waals surface area (Å²) in [7, 11) is 1.56. The molecule has 1 unspecified atom stereocenters. The molecule has 0 aromatic carbocycles. The average Bonchev–Trinajstić information content (AvgIpc) is 2.70. The molecule has 18 heavy (non-hydrogen) atoms. The minimum absolute atomic E-state index is 0.181. The van der Waals surface area contributed by atoms with Crippen molar-refractivity contribution in [3.8, 4) is 0 Å². The van der Waals surface area contributed by atoms with Crippen LogP contribution < -0.4 is 16.6 Å². The maximum Gasteiger partial charge on any atom is 0.330 e. The average molecular weight is 257 g/mol. The van der Waals surface area contributed by atoms with E-state index in [2.05, 4.69) is 10.3 Å². The van der Waals surface area contributed by atoms with Crippen LogP contribution in [0.25, 0.3) is 0 Å². The van der Waals surface area contributed by atoms with Crippen LogP contribution in [0, 0.1) is 0 Å². The highest BCUT2D eigenvalue weighted by atomic mass is 16.5. The molecule has 2 heterocycles. The molecular formula is C10H15N3O5. The minimum atomic E-state index is -0.836. The first-order valence-corrected chi connectivity index (χ1v) is 5.54. The van der Waals surface area contributed by atoms with Gasteiger partial charge in [0.25, 0.3) is 5.56 Å². The van der Waals surface area contributed by atoms with E-state index in [1.165, 1.54) is 10.8 Å². The Morgan fingerprint density at radius 3 is 2.89 bits per heavy atom. The molecule has 2 rings (SSSR count). The minimum Gasteiger partial charge on any atom is -0.394 e. The van der Waals surface area contributed by atoms with Gasteiger partial charge in [0, 0.05) is 19.7 Å². The zero-order valence-corrected chi connectivity index (χ0v) is 9.79. The van der Waals surface area contributed by atoms with Crippen LogP contribution in [0.5, 0.6) is 0 Å². The maximum atomic E-state index is 11.7. The maximum absolute atomic E-state index is 11.7. The van der Waals surface area contributed by atoms with Crippen LogP contribution in [0.1, 0.15) is 12.6 Å². The van der Waals surface area contributed by atoms with Crippen LogP contribution in [0.15, 0.2) is 15.8 Å². The van der Waals surface area contributed by atoms with Crippen molar-refractivity contribution in [3.63, 3.8) is 0 Å². The third-order valence-corrected chi connectivity index (χ3v) is 2.93. The van der Waals surface area contributed by atoms with Crippen molar-refractivity contribution in [1.29, 1.82) is 0 Å². The molecule has 0 amide bonds. The third kappa shape index (κ3) is 2.17. The van der Waals surface area contributed by atoms with Gasteiger partial charge in [0.1, 0.15) is 18.0 Å². The number of rotatable bonds is 3. The Kier molecular flexibility index (Phi) is 3.50. The van der Waals surface area contributed by atoms with Crippen LogP contribution >= 0.6 is 0 Å². The molecule has 8 nitrogen and oxygen atoms in total. The topological polar surface area (TPSA) is 117 Å². The van der Waals surface area contributed by atoms with Gasteiger partial charge in [-0.15, -0.1) is 0 Å². The number of aromatic amines is 1. The van der Waals surface area contributed by atoms with Crippen LogP contribution in [0.4, 0.5) is 5.69 Å². The molecule has 3 atom stereocenters. The van der Waals surface area contributed by atoms with Crippen molar-refractivity contribution >= 4 is 5.69 Å². The molecular weight excluding hydrogens is 242 g/mol. The molecule has 1 fully saturated rings. The number of ether oxygens (including phenoxy) is 1. The van der Waals surface area contributed by atoms with Crippen molar-refractivity contribution in [1.82, 2.24) is 9.55 Å². The van der Waals surface area contributed by atoms with Gasteiger partial charge in [0.05, 0.1) is 12.7 Å². The number of anilines is 1. The lowest BCUT2D eigenvalue weighted by atomic mass is 10.2. The molecule has 1 aromatic heterocycles. The summed E-state index contributed by atoms with van der Waals surface area (Å²) in [5, 5.41) is 21.2. The Balaban J connectivity index is 2.35. The Morgan fingerprint density at radius 2 is 2.33 bits per heavy atom. The molecule has 1 saturated heterocycles. The smallest absolute Gasteiger partial charge is 0.330 e. The fourth-order valence-corrected chi connectivity index (χ4v) is 1.93. The quantitative estimate of drug-likeness (QED) is 0.508. The second kappa shape index (κ2) is 4.92. The molecule has 1 aromatic rings. The van der Waals surface area contributed by atoms with Crippen LogP contribution in [0.2, 0.25) is 0 Å². The summed E-state index contributed by atoms with van der Waals surface area (Å²) in [6.07, 6.45) is -0.740. The lowest BCUT2D eigenvalue weighted by Crippen LogP contribution is -2.33. The fraction of sp³-hybridized carbons (Fsp3) is 0.600. The van der Waals surface area contributed by atoms with Gasteiger partial charge < -0.3 is 20.3 Å². The van der Waals surface area contributed by atoms with Gasteiger partial charge in [0.2, 0.25) is 0 Å². The standard InChI is InChI=1S/C10H15N3O5/c1-11-5-3-13(10(17)12-9(5)16)8-2-6(15)7(4-14)18-8/h3,6-8,11,14-15H,2,4H2,1H3,(H,12,16,17)/t6?,7-,8-/m0/s1. The number of aliphatic hydroxyl groups is 2. The van der Waals surface area contributed by atoms with Crippen molar-refractivity contribution < 1.29 is 14.9 Å². The van der Waals surface area contributed by atoms with E-state index in [4.69, 9.17) is 9.84 Å². The molecule has 0 bridgehead atoms. The number of aliphatic hydroxyl groups excluding tert-OH is 2. The highest BCUT2D eigenvalue weighted by Gasteiger charge is 2.35. The highest BCUT2D eigenvalue weighted by molar-refractivity contribution is 5.36. The van der Waals surface area contributed by atoms with Gasteiger partial charge in [-0.05, 0) is 0 Å². The first-order valence-electron chi connectivity index (χ1n) is 5.54. The van der Waals surface area contributed by atoms with E-state index in [0.29, 0.717) is 0 Å². The molecule has 4 N–H and O–H groups in total. The summed E-state index contributed by atoms with van der Waals surface area (Å²) in [5.74, 6) is 0. The van der Waals surface area contributed by atoms with Gasteiger partial charge in [-0.1, -0.05) is 0 Å². The van der Waals surface area contributed by atoms with Crippen molar-refractivity contribution in [2.45, 2.75) is 24.9 Å². The lowest BCUT2D eigenvalue weighted by molar-refractivity contribution is -0.0458. The predicted molar refractivity (Wildman–Crippen MR) is 62.5 cm³/mol. The SMILES string of the molecule is CNc1cn([C@@H]2CC(O)[C@H](CO)O2)c(=O)[nH]c1=O. The first-order chi connectivity index (χ1) is 8.56. The number of nitrogens with one attached hydrogen (secondary N) is 2. The van der Waals surface area contributed by atoms with Crippen molar-refractivity contribution in [2.75, 3.05) is 19.0 Å². The molecule has 0 spiro atoms. The first kappa shape index (κ1) is 12.8. The zero-order chi connectivity index (χ0) is 13.3. The third-order valence-electron chi connectivity index (χ3n) is 2.93. The number of nitrogens with zero attached hydrogens (tertiary/aromatic N) is 1. The molecule has 0 saturated carbocycles. The largest absolute Gasteiger partial charge is 0.394 e. The summed E-state index contributed by atoms with van der Waals surface area (Å²) in [6.45, 7) is -0.325. The predicted octanol–water partition coefficient (Wildman–Crippen LogP) is -1.78. The monoisotopic (exact) mass is 257 g/mol. The van der Waals surface area contributed by atoms with Gasteiger partial charge >= 0.3 is 5.69 Å². The van der Waals surface area contributed by atoms with Gasteiger partial charge in [-0.3, -0.25) is 14.3 Å². The summed E-state index contributed by atoms with van der Waals surface area (Å²) < 4.78 is 6.53. The van der Waals surface area contributed by atoms with E-state index in [1.807, 2.05) is 0 Å². The molecule has 100 valence electrons. The van der Waals surface area contributed by atoms with Gasteiger partial charge in [0.15, 0.2) is 0 Å². The van der Waals surface area contributed by atoms with E-state index >= 15 is 0 Å². The van der Waals surface area contributed by atoms with Crippen molar-refractivity contribution in [2.24, 2.45) is 0 Å². The molecule has 0 aliphatic carbocycles.